The van der Waals surface area contributed by atoms with Crippen LogP contribution in [0, 0.1) is 5.92 Å². The van der Waals surface area contributed by atoms with Crippen molar-refractivity contribution < 1.29 is 9.13 Å². The second-order valence-corrected chi connectivity index (χ2v) is 2.80. The Morgan fingerprint density at radius 3 is 2.44 bits per heavy atom. The van der Waals surface area contributed by atoms with Gasteiger partial charge in [-0.15, -0.1) is 0 Å². The van der Waals surface area contributed by atoms with Gasteiger partial charge in [-0.2, -0.15) is 0 Å². The maximum atomic E-state index is 12.0. The molecule has 0 bridgehead atoms. The van der Waals surface area contributed by atoms with Crippen LogP contribution in [0.2, 0.25) is 0 Å². The van der Waals surface area contributed by atoms with Crippen molar-refractivity contribution >= 4 is 0 Å². The number of hydrogen-bond acceptors (Lipinski definition) is 1. The Bertz CT molecular complexity index is 94.9. The van der Waals surface area contributed by atoms with E-state index in [1.165, 1.54) is 0 Å². The van der Waals surface area contributed by atoms with Crippen LogP contribution in [0.15, 0.2) is 0 Å². The summed E-state index contributed by atoms with van der Waals surface area (Å²) < 4.78 is 17.4. The minimum atomic E-state index is -0.231. The van der Waals surface area contributed by atoms with Gasteiger partial charge in [-0.1, -0.05) is 0 Å². The minimum Gasteiger partial charge on any atom is -0.375 e. The molecule has 1 rings (SSSR count). The van der Waals surface area contributed by atoms with Crippen LogP contribution >= 0.6 is 0 Å². The van der Waals surface area contributed by atoms with Crippen molar-refractivity contribution in [1.82, 2.24) is 0 Å². The molecule has 9 heavy (non-hydrogen) atoms. The average molecular weight is 132 g/mol. The van der Waals surface area contributed by atoms with E-state index in [1.807, 2.05) is 13.8 Å². The zero-order valence-corrected chi connectivity index (χ0v) is 5.93. The van der Waals surface area contributed by atoms with Gasteiger partial charge in [0, 0.05) is 5.92 Å². The largest absolute Gasteiger partial charge is 0.375 e. The second-order valence-electron chi connectivity index (χ2n) is 2.80. The molecular weight excluding hydrogens is 119 g/mol. The van der Waals surface area contributed by atoms with E-state index in [1.54, 1.807) is 0 Å². The van der Waals surface area contributed by atoms with E-state index in [9.17, 15) is 4.39 Å². The number of hydrogen-bond donors (Lipinski definition) is 0. The lowest BCUT2D eigenvalue weighted by atomic mass is 10.0. The number of ether oxygens (including phenoxy) is 1. The molecule has 3 atom stereocenters. The first-order valence-electron chi connectivity index (χ1n) is 3.45. The fraction of sp³-hybridized carbons (Fsp3) is 1.00. The molecule has 0 aromatic rings. The summed E-state index contributed by atoms with van der Waals surface area (Å²) in [6.07, 6.45) is 1.28. The molecule has 0 radical (unpaired) electrons. The summed E-state index contributed by atoms with van der Waals surface area (Å²) in [7, 11) is 0. The summed E-state index contributed by atoms with van der Waals surface area (Å²) in [5.74, 6) is 0.153. The minimum absolute atomic E-state index is 0.130. The molecule has 54 valence electrons. The maximum Gasteiger partial charge on any atom is 0.0948 e. The zero-order chi connectivity index (χ0) is 6.85. The average Bonchev–Trinajstić information content (AvgIpc) is 2.10. The fourth-order valence-electron chi connectivity index (χ4n) is 1.34. The van der Waals surface area contributed by atoms with Gasteiger partial charge in [0.2, 0.25) is 0 Å². The molecule has 2 heteroatoms. The van der Waals surface area contributed by atoms with E-state index in [0.717, 1.165) is 6.42 Å². The number of rotatable bonds is 1. The third kappa shape index (κ3) is 1.42. The molecule has 0 aromatic carbocycles. The fourth-order valence-corrected chi connectivity index (χ4v) is 1.34. The summed E-state index contributed by atoms with van der Waals surface area (Å²) >= 11 is 0. The van der Waals surface area contributed by atoms with Crippen molar-refractivity contribution in [3.05, 3.63) is 0 Å². The highest BCUT2D eigenvalue weighted by molar-refractivity contribution is 4.76. The van der Waals surface area contributed by atoms with Crippen LogP contribution in [0.25, 0.3) is 0 Å². The van der Waals surface area contributed by atoms with Gasteiger partial charge in [-0.3, -0.25) is 4.39 Å². The molecule has 0 spiro atoms. The van der Waals surface area contributed by atoms with Crippen molar-refractivity contribution in [2.24, 2.45) is 5.92 Å². The summed E-state index contributed by atoms with van der Waals surface area (Å²) in [4.78, 5) is 0. The third-order valence-corrected chi connectivity index (χ3v) is 1.94. The Balaban J connectivity index is 2.38. The first kappa shape index (κ1) is 7.00. The van der Waals surface area contributed by atoms with Crippen molar-refractivity contribution in [2.75, 3.05) is 6.67 Å². The molecule has 0 saturated carbocycles. The number of halogens is 1. The predicted molar refractivity (Wildman–Crippen MR) is 34.1 cm³/mol. The Morgan fingerprint density at radius 1 is 1.56 bits per heavy atom. The topological polar surface area (TPSA) is 9.23 Å². The quantitative estimate of drug-likeness (QED) is 0.528. The van der Waals surface area contributed by atoms with Gasteiger partial charge < -0.3 is 4.74 Å². The van der Waals surface area contributed by atoms with E-state index < -0.39 is 0 Å². The van der Waals surface area contributed by atoms with E-state index in [4.69, 9.17) is 4.74 Å². The van der Waals surface area contributed by atoms with E-state index >= 15 is 0 Å². The normalized spacial score (nSPS) is 43.7. The molecule has 0 aliphatic carbocycles. The van der Waals surface area contributed by atoms with Crippen molar-refractivity contribution in [3.8, 4) is 0 Å². The van der Waals surface area contributed by atoms with Gasteiger partial charge in [0.25, 0.3) is 0 Å². The SMILES string of the molecule is CC1CC(CF)C(C)O1. The van der Waals surface area contributed by atoms with Gasteiger partial charge in [0.1, 0.15) is 0 Å². The van der Waals surface area contributed by atoms with Crippen LogP contribution in [0.4, 0.5) is 4.39 Å². The summed E-state index contributed by atoms with van der Waals surface area (Å²) in [5, 5.41) is 0. The molecule has 1 saturated heterocycles. The van der Waals surface area contributed by atoms with Gasteiger partial charge in [0.05, 0.1) is 18.9 Å². The van der Waals surface area contributed by atoms with Crippen LogP contribution in [0.3, 0.4) is 0 Å². The third-order valence-electron chi connectivity index (χ3n) is 1.94. The molecular formula is C7H13FO. The van der Waals surface area contributed by atoms with Crippen LogP contribution in [0.5, 0.6) is 0 Å². The van der Waals surface area contributed by atoms with Crippen molar-refractivity contribution in [3.63, 3.8) is 0 Å². The maximum absolute atomic E-state index is 12.0. The van der Waals surface area contributed by atoms with E-state index in [-0.39, 0.29) is 24.8 Å². The van der Waals surface area contributed by atoms with Gasteiger partial charge in [0.15, 0.2) is 0 Å². The molecule has 1 nitrogen and oxygen atoms in total. The zero-order valence-electron chi connectivity index (χ0n) is 5.93. The predicted octanol–water partition coefficient (Wildman–Crippen LogP) is 1.77. The lowest BCUT2D eigenvalue weighted by Gasteiger charge is -2.07. The Hall–Kier alpha value is -0.110. The highest BCUT2D eigenvalue weighted by atomic mass is 19.1. The molecule has 1 heterocycles. The van der Waals surface area contributed by atoms with Gasteiger partial charge in [-0.05, 0) is 20.3 Å². The Kier molecular flexibility index (Phi) is 2.06. The Morgan fingerprint density at radius 2 is 2.22 bits per heavy atom. The van der Waals surface area contributed by atoms with E-state index in [2.05, 4.69) is 0 Å². The highest BCUT2D eigenvalue weighted by Gasteiger charge is 2.28. The monoisotopic (exact) mass is 132 g/mol. The molecule has 1 aliphatic rings. The molecule has 0 N–H and O–H groups in total. The lowest BCUT2D eigenvalue weighted by molar-refractivity contribution is 0.0529. The molecule has 0 aromatic heterocycles. The van der Waals surface area contributed by atoms with Crippen LogP contribution < -0.4 is 0 Å². The van der Waals surface area contributed by atoms with Crippen LogP contribution in [0.1, 0.15) is 20.3 Å². The lowest BCUT2D eigenvalue weighted by Crippen LogP contribution is -2.12. The Labute approximate surface area is 55.2 Å². The molecule has 1 aliphatic heterocycles. The van der Waals surface area contributed by atoms with Crippen molar-refractivity contribution in [2.45, 2.75) is 32.5 Å². The van der Waals surface area contributed by atoms with Crippen LogP contribution in [-0.4, -0.2) is 18.9 Å². The highest BCUT2D eigenvalue weighted by Crippen LogP contribution is 2.25. The van der Waals surface area contributed by atoms with Gasteiger partial charge >= 0.3 is 0 Å². The first-order valence-corrected chi connectivity index (χ1v) is 3.45. The van der Waals surface area contributed by atoms with Crippen molar-refractivity contribution in [1.29, 1.82) is 0 Å². The van der Waals surface area contributed by atoms with Crippen LogP contribution in [-0.2, 0) is 4.74 Å². The van der Waals surface area contributed by atoms with E-state index in [0.29, 0.717) is 0 Å². The summed E-state index contributed by atoms with van der Waals surface area (Å²) in [6.45, 7) is 3.70. The summed E-state index contributed by atoms with van der Waals surface area (Å²) in [6, 6.07) is 0. The standard InChI is InChI=1S/C7H13FO/c1-5-3-7(4-8)6(2)9-5/h5-7H,3-4H2,1-2H3. The first-order chi connectivity index (χ1) is 4.24. The molecule has 1 fully saturated rings. The van der Waals surface area contributed by atoms with Gasteiger partial charge in [-0.25, -0.2) is 0 Å². The summed E-state index contributed by atoms with van der Waals surface area (Å²) in [5.41, 5.74) is 0. The molecule has 3 unspecified atom stereocenters. The second kappa shape index (κ2) is 2.65. The number of alkyl halides is 1. The molecule has 0 amide bonds. The smallest absolute Gasteiger partial charge is 0.0948 e.